The lowest BCUT2D eigenvalue weighted by Crippen LogP contribution is -2.39. The number of esters is 1. The van der Waals surface area contributed by atoms with Crippen molar-refractivity contribution >= 4 is 28.0 Å². The zero-order valence-electron chi connectivity index (χ0n) is 15.5. The van der Waals surface area contributed by atoms with Gasteiger partial charge in [0, 0.05) is 11.4 Å². The SMILES string of the molecule is Cc1ccc(/C=C/S(=O)(=O)NCC(=O)OCC(=O)N[C@@H](C)C(C)C)cc1. The molecule has 144 valence electrons. The lowest BCUT2D eigenvalue weighted by atomic mass is 10.1. The van der Waals surface area contributed by atoms with Gasteiger partial charge in [0.2, 0.25) is 10.0 Å². The number of sulfonamides is 1. The Kier molecular flexibility index (Phi) is 8.47. The van der Waals surface area contributed by atoms with Crippen LogP contribution in [0, 0.1) is 12.8 Å². The van der Waals surface area contributed by atoms with Gasteiger partial charge in [0.25, 0.3) is 5.91 Å². The molecule has 0 aliphatic rings. The summed E-state index contributed by atoms with van der Waals surface area (Å²) in [7, 11) is -3.79. The van der Waals surface area contributed by atoms with Crippen LogP contribution in [0.3, 0.4) is 0 Å². The molecule has 0 saturated heterocycles. The van der Waals surface area contributed by atoms with E-state index in [1.165, 1.54) is 6.08 Å². The van der Waals surface area contributed by atoms with E-state index in [1.54, 1.807) is 12.1 Å². The quantitative estimate of drug-likeness (QED) is 0.632. The average Bonchev–Trinajstić information content (AvgIpc) is 2.57. The second-order valence-corrected chi connectivity index (χ2v) is 7.99. The van der Waals surface area contributed by atoms with Gasteiger partial charge in [-0.25, -0.2) is 13.1 Å². The lowest BCUT2D eigenvalue weighted by molar-refractivity contribution is -0.147. The molecule has 1 aromatic rings. The average molecular weight is 382 g/mol. The summed E-state index contributed by atoms with van der Waals surface area (Å²) in [5.41, 5.74) is 1.79. The first kappa shape index (κ1) is 21.9. The smallest absolute Gasteiger partial charge is 0.321 e. The number of carbonyl (C=O) groups excluding carboxylic acids is 2. The monoisotopic (exact) mass is 382 g/mol. The maximum Gasteiger partial charge on any atom is 0.321 e. The third-order valence-electron chi connectivity index (χ3n) is 3.69. The number of amides is 1. The van der Waals surface area contributed by atoms with E-state index in [-0.39, 0.29) is 12.0 Å². The summed E-state index contributed by atoms with van der Waals surface area (Å²) in [6.07, 6.45) is 1.42. The molecule has 0 saturated carbocycles. The summed E-state index contributed by atoms with van der Waals surface area (Å²) in [5.74, 6) is -1.01. The number of hydrogen-bond donors (Lipinski definition) is 2. The zero-order valence-corrected chi connectivity index (χ0v) is 16.3. The number of benzene rings is 1. The van der Waals surface area contributed by atoms with Crippen LogP contribution < -0.4 is 10.0 Å². The molecular weight excluding hydrogens is 356 g/mol. The standard InChI is InChI=1S/C18H26N2O5S/c1-13(2)15(4)20-17(21)12-25-18(22)11-19-26(23,24)10-9-16-7-5-14(3)6-8-16/h5-10,13,15,19H,11-12H2,1-4H3,(H,20,21)/b10-9+/t15-/m0/s1. The molecule has 1 aromatic carbocycles. The van der Waals surface area contributed by atoms with Gasteiger partial charge >= 0.3 is 5.97 Å². The van der Waals surface area contributed by atoms with Crippen LogP contribution in [0.4, 0.5) is 0 Å². The van der Waals surface area contributed by atoms with E-state index in [9.17, 15) is 18.0 Å². The molecule has 0 aliphatic carbocycles. The third kappa shape index (κ3) is 8.77. The highest BCUT2D eigenvalue weighted by Crippen LogP contribution is 2.06. The molecule has 1 atom stereocenters. The Balaban J connectivity index is 2.40. The Bertz CT molecular complexity index is 739. The molecule has 0 aliphatic heterocycles. The van der Waals surface area contributed by atoms with Gasteiger partial charge < -0.3 is 10.1 Å². The molecule has 1 amide bonds. The second kappa shape index (κ2) is 10.1. The first-order valence-electron chi connectivity index (χ1n) is 8.28. The van der Waals surface area contributed by atoms with Crippen LogP contribution in [-0.4, -0.2) is 39.5 Å². The first-order valence-corrected chi connectivity index (χ1v) is 9.83. The summed E-state index contributed by atoms with van der Waals surface area (Å²) in [6.45, 7) is 6.69. The molecule has 1 rings (SSSR count). The summed E-state index contributed by atoms with van der Waals surface area (Å²) >= 11 is 0. The van der Waals surface area contributed by atoms with Crippen molar-refractivity contribution in [3.8, 4) is 0 Å². The van der Waals surface area contributed by atoms with Crippen LogP contribution in [0.2, 0.25) is 0 Å². The molecule has 0 aromatic heterocycles. The highest BCUT2D eigenvalue weighted by Gasteiger charge is 2.14. The fraction of sp³-hybridized carbons (Fsp3) is 0.444. The Labute approximate surface area is 154 Å². The van der Waals surface area contributed by atoms with Gasteiger partial charge in [-0.15, -0.1) is 0 Å². The number of ether oxygens (including phenoxy) is 1. The molecule has 0 radical (unpaired) electrons. The minimum atomic E-state index is -3.79. The largest absolute Gasteiger partial charge is 0.455 e. The summed E-state index contributed by atoms with van der Waals surface area (Å²) in [5, 5.41) is 3.66. The summed E-state index contributed by atoms with van der Waals surface area (Å²) < 4.78 is 30.6. The Morgan fingerprint density at radius 1 is 1.15 bits per heavy atom. The molecule has 0 bridgehead atoms. The van der Waals surface area contributed by atoms with Crippen LogP contribution >= 0.6 is 0 Å². The minimum Gasteiger partial charge on any atom is -0.455 e. The van der Waals surface area contributed by atoms with E-state index < -0.39 is 35.1 Å². The number of rotatable bonds is 9. The van der Waals surface area contributed by atoms with E-state index in [0.717, 1.165) is 16.5 Å². The van der Waals surface area contributed by atoms with Crippen LogP contribution in [0.15, 0.2) is 29.7 Å². The third-order valence-corrected chi connectivity index (χ3v) is 4.73. The van der Waals surface area contributed by atoms with Gasteiger partial charge in [-0.05, 0) is 31.4 Å². The van der Waals surface area contributed by atoms with Gasteiger partial charge in [0.1, 0.15) is 6.54 Å². The van der Waals surface area contributed by atoms with Crippen molar-refractivity contribution in [2.75, 3.05) is 13.2 Å². The van der Waals surface area contributed by atoms with E-state index in [0.29, 0.717) is 0 Å². The number of nitrogens with one attached hydrogen (secondary N) is 2. The van der Waals surface area contributed by atoms with Gasteiger partial charge in [-0.1, -0.05) is 43.7 Å². The maximum atomic E-state index is 11.8. The van der Waals surface area contributed by atoms with Crippen molar-refractivity contribution in [3.63, 3.8) is 0 Å². The van der Waals surface area contributed by atoms with Crippen molar-refractivity contribution < 1.29 is 22.7 Å². The molecule has 8 heteroatoms. The van der Waals surface area contributed by atoms with Crippen molar-refractivity contribution in [2.45, 2.75) is 33.7 Å². The molecule has 2 N–H and O–H groups in total. The molecule has 7 nitrogen and oxygen atoms in total. The molecule has 26 heavy (non-hydrogen) atoms. The molecule has 0 fully saturated rings. The van der Waals surface area contributed by atoms with Crippen molar-refractivity contribution in [1.29, 1.82) is 0 Å². The predicted molar refractivity (Wildman–Crippen MR) is 101 cm³/mol. The van der Waals surface area contributed by atoms with Crippen molar-refractivity contribution in [1.82, 2.24) is 10.0 Å². The number of aryl methyl sites for hydroxylation is 1. The van der Waals surface area contributed by atoms with E-state index >= 15 is 0 Å². The Hall–Kier alpha value is -2.19. The first-order chi connectivity index (χ1) is 12.1. The van der Waals surface area contributed by atoms with Crippen LogP contribution in [0.25, 0.3) is 6.08 Å². The zero-order chi connectivity index (χ0) is 19.7. The molecular formula is C18H26N2O5S. The lowest BCUT2D eigenvalue weighted by Gasteiger charge is -2.17. The van der Waals surface area contributed by atoms with Gasteiger partial charge in [0.05, 0.1) is 0 Å². The topological polar surface area (TPSA) is 102 Å². The minimum absolute atomic E-state index is 0.0494. The van der Waals surface area contributed by atoms with Gasteiger partial charge in [-0.3, -0.25) is 9.59 Å². The van der Waals surface area contributed by atoms with Crippen LogP contribution in [-0.2, 0) is 24.3 Å². The molecule has 0 heterocycles. The summed E-state index contributed by atoms with van der Waals surface area (Å²) in [6, 6.07) is 7.25. The second-order valence-electron chi connectivity index (χ2n) is 6.34. The van der Waals surface area contributed by atoms with E-state index in [4.69, 9.17) is 4.74 Å². The Morgan fingerprint density at radius 3 is 2.35 bits per heavy atom. The molecule has 0 unspecified atom stereocenters. The van der Waals surface area contributed by atoms with E-state index in [1.807, 2.05) is 39.8 Å². The summed E-state index contributed by atoms with van der Waals surface area (Å²) in [4.78, 5) is 23.2. The fourth-order valence-electron chi connectivity index (χ4n) is 1.71. The normalized spacial score (nSPS) is 13.0. The fourth-order valence-corrected chi connectivity index (χ4v) is 2.46. The number of hydrogen-bond acceptors (Lipinski definition) is 5. The van der Waals surface area contributed by atoms with Crippen LogP contribution in [0.5, 0.6) is 0 Å². The van der Waals surface area contributed by atoms with Crippen molar-refractivity contribution in [2.24, 2.45) is 5.92 Å². The van der Waals surface area contributed by atoms with Crippen molar-refractivity contribution in [3.05, 3.63) is 40.8 Å². The number of carbonyl (C=O) groups is 2. The van der Waals surface area contributed by atoms with Gasteiger partial charge in [0.15, 0.2) is 6.61 Å². The highest BCUT2D eigenvalue weighted by atomic mass is 32.2. The van der Waals surface area contributed by atoms with Crippen LogP contribution in [0.1, 0.15) is 31.9 Å². The predicted octanol–water partition coefficient (Wildman–Crippen LogP) is 1.59. The van der Waals surface area contributed by atoms with E-state index in [2.05, 4.69) is 10.0 Å². The maximum absolute atomic E-state index is 11.8. The highest BCUT2D eigenvalue weighted by molar-refractivity contribution is 7.92. The molecule has 0 spiro atoms. The Morgan fingerprint density at radius 2 is 1.77 bits per heavy atom. The van der Waals surface area contributed by atoms with Gasteiger partial charge in [-0.2, -0.15) is 0 Å².